The lowest BCUT2D eigenvalue weighted by molar-refractivity contribution is -0.119. The van der Waals surface area contributed by atoms with Gasteiger partial charge in [-0.2, -0.15) is 0 Å². The zero-order valence-corrected chi connectivity index (χ0v) is 16.6. The molecule has 1 atom stereocenters. The maximum Gasteiger partial charge on any atom is 0.340 e. The molecule has 0 aromatic heterocycles. The van der Waals surface area contributed by atoms with Crippen molar-refractivity contribution in [2.75, 3.05) is 32.1 Å². The minimum atomic E-state index is -0.640. The number of ether oxygens (including phenoxy) is 1. The fourth-order valence-corrected chi connectivity index (χ4v) is 3.77. The summed E-state index contributed by atoms with van der Waals surface area (Å²) < 4.78 is 4.72. The minimum absolute atomic E-state index is 0.0985. The van der Waals surface area contributed by atoms with Crippen LogP contribution in [0.1, 0.15) is 36.0 Å². The highest BCUT2D eigenvalue weighted by Crippen LogP contribution is 2.31. The zero-order chi connectivity index (χ0) is 20.0. The summed E-state index contributed by atoms with van der Waals surface area (Å²) in [5.41, 5.74) is 5.49. The van der Waals surface area contributed by atoms with E-state index in [-0.39, 0.29) is 39.7 Å². The number of halogens is 2. The number of nitrogens with zero attached hydrogens (tertiary/aromatic N) is 1. The number of hydrogen-bond acceptors (Lipinski definition) is 5. The molecule has 148 valence electrons. The van der Waals surface area contributed by atoms with Gasteiger partial charge in [0, 0.05) is 18.0 Å². The third kappa shape index (κ3) is 6.37. The molecule has 7 nitrogen and oxygen atoms in total. The van der Waals surface area contributed by atoms with Crippen molar-refractivity contribution in [1.82, 2.24) is 4.90 Å². The monoisotopic (exact) mass is 415 g/mol. The Bertz CT molecular complexity index is 727. The SMILES string of the molecule is COC(=O)c1cc(Cl)cc(Cl)c1NC(=O)CN1CCCC(CCC(N)=O)C1. The molecule has 1 aliphatic rings. The Kier molecular flexibility index (Phi) is 7.89. The Balaban J connectivity index is 2.01. The Morgan fingerprint density at radius 2 is 2.07 bits per heavy atom. The van der Waals surface area contributed by atoms with Gasteiger partial charge >= 0.3 is 5.97 Å². The van der Waals surface area contributed by atoms with Crippen LogP contribution < -0.4 is 11.1 Å². The first-order valence-corrected chi connectivity index (χ1v) is 9.43. The molecule has 0 aliphatic carbocycles. The van der Waals surface area contributed by atoms with E-state index < -0.39 is 5.97 Å². The number of piperidine rings is 1. The fourth-order valence-electron chi connectivity index (χ4n) is 3.23. The van der Waals surface area contributed by atoms with Crippen LogP contribution in [0.4, 0.5) is 5.69 Å². The Hall–Kier alpha value is -1.83. The molecule has 2 amide bonds. The molecule has 0 spiro atoms. The van der Waals surface area contributed by atoms with Gasteiger partial charge in [0.25, 0.3) is 0 Å². The standard InChI is InChI=1S/C18H23Cl2N3O4/c1-27-18(26)13-7-12(19)8-14(20)17(13)22-16(25)10-23-6-2-3-11(9-23)4-5-15(21)24/h7-8,11H,2-6,9-10H2,1H3,(H2,21,24)(H,22,25). The van der Waals surface area contributed by atoms with Crippen LogP contribution in [0.2, 0.25) is 10.0 Å². The number of amides is 2. The van der Waals surface area contributed by atoms with Crippen LogP contribution in [0.15, 0.2) is 12.1 Å². The van der Waals surface area contributed by atoms with Crippen molar-refractivity contribution in [3.05, 3.63) is 27.7 Å². The highest BCUT2D eigenvalue weighted by Gasteiger charge is 2.23. The molecule has 0 saturated carbocycles. The number of carbonyl (C=O) groups is 3. The predicted octanol–water partition coefficient (Wildman–Crippen LogP) is 2.70. The average Bonchev–Trinajstić information content (AvgIpc) is 2.61. The quantitative estimate of drug-likeness (QED) is 0.666. The summed E-state index contributed by atoms with van der Waals surface area (Å²) in [4.78, 5) is 37.4. The minimum Gasteiger partial charge on any atom is -0.465 e. The van der Waals surface area contributed by atoms with Gasteiger partial charge in [-0.05, 0) is 43.9 Å². The maximum absolute atomic E-state index is 12.5. The molecule has 2 rings (SSSR count). The van der Waals surface area contributed by atoms with Crippen molar-refractivity contribution >= 4 is 46.7 Å². The van der Waals surface area contributed by atoms with Crippen LogP contribution >= 0.6 is 23.2 Å². The van der Waals surface area contributed by atoms with E-state index in [0.717, 1.165) is 32.4 Å². The number of nitrogens with one attached hydrogen (secondary N) is 1. The summed E-state index contributed by atoms with van der Waals surface area (Å²) in [6.45, 7) is 1.67. The van der Waals surface area contributed by atoms with Gasteiger partial charge in [-0.25, -0.2) is 4.79 Å². The van der Waals surface area contributed by atoms with Crippen molar-refractivity contribution < 1.29 is 19.1 Å². The number of rotatable bonds is 7. The van der Waals surface area contributed by atoms with Crippen molar-refractivity contribution in [3.63, 3.8) is 0 Å². The first-order chi connectivity index (χ1) is 12.8. The van der Waals surface area contributed by atoms with E-state index in [2.05, 4.69) is 5.32 Å². The number of carbonyl (C=O) groups excluding carboxylic acids is 3. The Labute approximate surface area is 168 Å². The molecule has 1 unspecified atom stereocenters. The third-order valence-corrected chi connectivity index (χ3v) is 5.01. The number of esters is 1. The van der Waals surface area contributed by atoms with Gasteiger partial charge < -0.3 is 15.8 Å². The van der Waals surface area contributed by atoms with Crippen molar-refractivity contribution in [2.45, 2.75) is 25.7 Å². The Morgan fingerprint density at radius 3 is 2.74 bits per heavy atom. The van der Waals surface area contributed by atoms with Gasteiger partial charge in [0.15, 0.2) is 0 Å². The van der Waals surface area contributed by atoms with E-state index in [1.807, 2.05) is 4.90 Å². The molecule has 0 bridgehead atoms. The number of likely N-dealkylation sites (tertiary alicyclic amines) is 1. The van der Waals surface area contributed by atoms with Crippen molar-refractivity contribution in [2.24, 2.45) is 11.7 Å². The summed E-state index contributed by atoms with van der Waals surface area (Å²) in [6, 6.07) is 2.85. The summed E-state index contributed by atoms with van der Waals surface area (Å²) in [5, 5.41) is 3.12. The predicted molar refractivity (Wildman–Crippen MR) is 104 cm³/mol. The maximum atomic E-state index is 12.5. The molecule has 1 fully saturated rings. The molecule has 1 heterocycles. The van der Waals surface area contributed by atoms with Crippen LogP contribution in [0.3, 0.4) is 0 Å². The second-order valence-electron chi connectivity index (χ2n) is 6.60. The highest BCUT2D eigenvalue weighted by molar-refractivity contribution is 6.37. The van der Waals surface area contributed by atoms with Crippen molar-refractivity contribution in [3.8, 4) is 0 Å². The molecule has 1 aromatic carbocycles. The van der Waals surface area contributed by atoms with Crippen LogP contribution in [0.5, 0.6) is 0 Å². The van der Waals surface area contributed by atoms with Crippen LogP contribution in [-0.4, -0.2) is 49.4 Å². The lowest BCUT2D eigenvalue weighted by Gasteiger charge is -2.32. The van der Waals surface area contributed by atoms with Gasteiger partial charge in [0.2, 0.25) is 11.8 Å². The molecule has 1 aliphatic heterocycles. The van der Waals surface area contributed by atoms with Crippen molar-refractivity contribution in [1.29, 1.82) is 0 Å². The number of nitrogens with two attached hydrogens (primary N) is 1. The summed E-state index contributed by atoms with van der Waals surface area (Å²) in [6.07, 6.45) is 3.04. The van der Waals surface area contributed by atoms with E-state index in [0.29, 0.717) is 12.3 Å². The molecular weight excluding hydrogens is 393 g/mol. The highest BCUT2D eigenvalue weighted by atomic mass is 35.5. The van der Waals surface area contributed by atoms with Gasteiger partial charge in [-0.3, -0.25) is 14.5 Å². The molecule has 27 heavy (non-hydrogen) atoms. The molecule has 1 saturated heterocycles. The lowest BCUT2D eigenvalue weighted by Crippen LogP contribution is -2.40. The summed E-state index contributed by atoms with van der Waals surface area (Å²) in [5.74, 6) is -0.902. The largest absolute Gasteiger partial charge is 0.465 e. The second-order valence-corrected chi connectivity index (χ2v) is 7.44. The molecule has 9 heteroatoms. The number of primary amides is 1. The molecule has 3 N–H and O–H groups in total. The number of anilines is 1. The Morgan fingerprint density at radius 1 is 1.33 bits per heavy atom. The summed E-state index contributed by atoms with van der Waals surface area (Å²) >= 11 is 12.1. The van der Waals surface area contributed by atoms with Gasteiger partial charge in [-0.15, -0.1) is 0 Å². The van der Waals surface area contributed by atoms with Crippen LogP contribution in [0.25, 0.3) is 0 Å². The first-order valence-electron chi connectivity index (χ1n) is 8.68. The first kappa shape index (κ1) is 21.5. The number of benzene rings is 1. The van der Waals surface area contributed by atoms with Gasteiger partial charge in [0.05, 0.1) is 29.9 Å². The van der Waals surface area contributed by atoms with Crippen LogP contribution in [-0.2, 0) is 14.3 Å². The fraction of sp³-hybridized carbons (Fsp3) is 0.500. The summed E-state index contributed by atoms with van der Waals surface area (Å²) in [7, 11) is 1.24. The lowest BCUT2D eigenvalue weighted by atomic mass is 9.93. The number of methoxy groups -OCH3 is 1. The zero-order valence-electron chi connectivity index (χ0n) is 15.1. The van der Waals surface area contributed by atoms with Crippen LogP contribution in [0, 0.1) is 5.92 Å². The number of hydrogen-bond donors (Lipinski definition) is 2. The molecular formula is C18H23Cl2N3O4. The average molecular weight is 416 g/mol. The molecule has 0 radical (unpaired) electrons. The topological polar surface area (TPSA) is 102 Å². The van der Waals surface area contributed by atoms with E-state index in [1.165, 1.54) is 19.2 Å². The van der Waals surface area contributed by atoms with E-state index in [9.17, 15) is 14.4 Å². The third-order valence-electron chi connectivity index (χ3n) is 4.49. The normalized spacial score (nSPS) is 17.4. The van der Waals surface area contributed by atoms with E-state index >= 15 is 0 Å². The second kappa shape index (κ2) is 9.92. The smallest absolute Gasteiger partial charge is 0.340 e. The molecule has 1 aromatic rings. The van der Waals surface area contributed by atoms with Gasteiger partial charge in [-0.1, -0.05) is 23.2 Å². The van der Waals surface area contributed by atoms with E-state index in [1.54, 1.807) is 0 Å². The van der Waals surface area contributed by atoms with E-state index in [4.69, 9.17) is 33.7 Å². The van der Waals surface area contributed by atoms with Gasteiger partial charge in [0.1, 0.15) is 0 Å².